The van der Waals surface area contributed by atoms with Crippen molar-refractivity contribution in [1.82, 2.24) is 10.1 Å². The van der Waals surface area contributed by atoms with Crippen molar-refractivity contribution in [2.45, 2.75) is 25.8 Å². The van der Waals surface area contributed by atoms with Crippen molar-refractivity contribution in [3.8, 4) is 17.2 Å². The van der Waals surface area contributed by atoms with Gasteiger partial charge in [0, 0.05) is 18.5 Å². The Morgan fingerprint density at radius 1 is 1.52 bits per heavy atom. The van der Waals surface area contributed by atoms with E-state index < -0.39 is 4.92 Å². The molecule has 1 unspecified atom stereocenters. The molecule has 0 aliphatic heterocycles. The predicted molar refractivity (Wildman–Crippen MR) is 74.9 cm³/mol. The first kappa shape index (κ1) is 14.9. The molecule has 112 valence electrons. The smallest absolute Gasteiger partial charge is 0.311 e. The Kier molecular flexibility index (Phi) is 4.49. The van der Waals surface area contributed by atoms with Crippen LogP contribution in [-0.4, -0.2) is 28.2 Å². The van der Waals surface area contributed by atoms with Gasteiger partial charge < -0.3 is 15.0 Å². The number of methoxy groups -OCH3 is 1. The molecule has 2 aromatic rings. The molecule has 1 heterocycles. The quantitative estimate of drug-likeness (QED) is 0.638. The fraction of sp³-hybridized carbons (Fsp3) is 0.385. The molecule has 0 bridgehead atoms. The second-order valence-electron chi connectivity index (χ2n) is 4.50. The van der Waals surface area contributed by atoms with E-state index in [1.807, 2.05) is 6.92 Å². The average molecular weight is 292 g/mol. The van der Waals surface area contributed by atoms with Gasteiger partial charge in [0.05, 0.1) is 17.6 Å². The molecule has 0 aliphatic rings. The summed E-state index contributed by atoms with van der Waals surface area (Å²) in [6.07, 6.45) is 1.28. The van der Waals surface area contributed by atoms with Crippen LogP contribution >= 0.6 is 0 Å². The molecule has 0 saturated carbocycles. The number of nitro benzene ring substituents is 1. The van der Waals surface area contributed by atoms with Crippen molar-refractivity contribution in [2.24, 2.45) is 5.73 Å². The lowest BCUT2D eigenvalue weighted by molar-refractivity contribution is -0.385. The summed E-state index contributed by atoms with van der Waals surface area (Å²) in [4.78, 5) is 14.7. The number of hydrogen-bond acceptors (Lipinski definition) is 7. The summed E-state index contributed by atoms with van der Waals surface area (Å²) < 4.78 is 10.3. The molecule has 0 amide bonds. The van der Waals surface area contributed by atoms with Gasteiger partial charge in [-0.25, -0.2) is 0 Å². The Labute approximate surface area is 121 Å². The van der Waals surface area contributed by atoms with Crippen LogP contribution in [0.1, 0.15) is 19.2 Å². The number of ether oxygens (including phenoxy) is 1. The van der Waals surface area contributed by atoms with Crippen LogP contribution in [0.4, 0.5) is 5.69 Å². The average Bonchev–Trinajstić information content (AvgIpc) is 2.94. The maximum absolute atomic E-state index is 11.0. The molecule has 2 rings (SSSR count). The van der Waals surface area contributed by atoms with Crippen molar-refractivity contribution in [3.63, 3.8) is 0 Å². The first-order valence-corrected chi connectivity index (χ1v) is 6.46. The Morgan fingerprint density at radius 3 is 2.90 bits per heavy atom. The topological polar surface area (TPSA) is 117 Å². The Hall–Kier alpha value is -2.48. The second kappa shape index (κ2) is 6.31. The van der Waals surface area contributed by atoms with Crippen LogP contribution < -0.4 is 10.5 Å². The number of nitrogens with two attached hydrogens (primary N) is 1. The van der Waals surface area contributed by atoms with E-state index in [-0.39, 0.29) is 23.4 Å². The molecule has 0 saturated heterocycles. The maximum Gasteiger partial charge on any atom is 0.311 e. The molecule has 0 fully saturated rings. The molecule has 2 N–H and O–H groups in total. The number of nitro groups is 1. The normalized spacial score (nSPS) is 12.1. The van der Waals surface area contributed by atoms with Crippen molar-refractivity contribution >= 4 is 5.69 Å². The van der Waals surface area contributed by atoms with Crippen LogP contribution in [0, 0.1) is 10.1 Å². The lowest BCUT2D eigenvalue weighted by Gasteiger charge is -2.05. The zero-order valence-corrected chi connectivity index (χ0v) is 11.8. The third-order valence-corrected chi connectivity index (χ3v) is 3.06. The predicted octanol–water partition coefficient (Wildman–Crippen LogP) is 1.93. The van der Waals surface area contributed by atoms with Gasteiger partial charge in [0.2, 0.25) is 5.75 Å². The highest BCUT2D eigenvalue weighted by molar-refractivity contribution is 5.69. The molecule has 21 heavy (non-hydrogen) atoms. The van der Waals surface area contributed by atoms with Crippen LogP contribution in [0.5, 0.6) is 5.75 Å². The molecule has 1 aromatic heterocycles. The van der Waals surface area contributed by atoms with Gasteiger partial charge in [-0.2, -0.15) is 4.98 Å². The lowest BCUT2D eigenvalue weighted by Crippen LogP contribution is -2.21. The summed E-state index contributed by atoms with van der Waals surface area (Å²) in [7, 11) is 1.36. The highest BCUT2D eigenvalue weighted by Gasteiger charge is 2.23. The van der Waals surface area contributed by atoms with E-state index in [1.54, 1.807) is 6.07 Å². The number of para-hydroxylation sites is 1. The summed E-state index contributed by atoms with van der Waals surface area (Å²) in [5.74, 6) is 0.735. The summed E-state index contributed by atoms with van der Waals surface area (Å²) in [5.41, 5.74) is 6.07. The fourth-order valence-corrected chi connectivity index (χ4v) is 1.88. The van der Waals surface area contributed by atoms with E-state index in [4.69, 9.17) is 15.0 Å². The molecular formula is C13H16N4O4. The lowest BCUT2D eigenvalue weighted by atomic mass is 10.1. The third-order valence-electron chi connectivity index (χ3n) is 3.06. The first-order chi connectivity index (χ1) is 10.1. The molecule has 8 nitrogen and oxygen atoms in total. The number of hydrogen-bond donors (Lipinski definition) is 1. The van der Waals surface area contributed by atoms with Gasteiger partial charge in [0.25, 0.3) is 5.89 Å². The first-order valence-electron chi connectivity index (χ1n) is 6.46. The number of aromatic nitrogens is 2. The van der Waals surface area contributed by atoms with Gasteiger partial charge in [0.1, 0.15) is 0 Å². The largest absolute Gasteiger partial charge is 0.490 e. The standard InChI is InChI=1S/C13H16N4O4/c1-3-8(14)7-11-15-13(21-16-11)9-5-4-6-10(17(18)19)12(9)20-2/h4-6,8H,3,7,14H2,1-2H3. The molecule has 1 atom stereocenters. The van der Waals surface area contributed by atoms with Crippen molar-refractivity contribution in [1.29, 1.82) is 0 Å². The van der Waals surface area contributed by atoms with Gasteiger partial charge in [-0.3, -0.25) is 10.1 Å². The maximum atomic E-state index is 11.0. The van der Waals surface area contributed by atoms with Gasteiger partial charge in [-0.1, -0.05) is 18.1 Å². The number of rotatable bonds is 6. The van der Waals surface area contributed by atoms with Gasteiger partial charge in [-0.05, 0) is 12.5 Å². The van der Waals surface area contributed by atoms with Crippen molar-refractivity contribution in [3.05, 3.63) is 34.1 Å². The summed E-state index contributed by atoms with van der Waals surface area (Å²) >= 11 is 0. The van der Waals surface area contributed by atoms with E-state index in [2.05, 4.69) is 10.1 Å². The zero-order valence-electron chi connectivity index (χ0n) is 11.8. The van der Waals surface area contributed by atoms with E-state index in [0.29, 0.717) is 17.8 Å². The molecular weight excluding hydrogens is 276 g/mol. The third kappa shape index (κ3) is 3.16. The van der Waals surface area contributed by atoms with Crippen LogP contribution in [0.3, 0.4) is 0 Å². The van der Waals surface area contributed by atoms with Gasteiger partial charge >= 0.3 is 5.69 Å². The summed E-state index contributed by atoms with van der Waals surface area (Å²) in [6.45, 7) is 1.97. The highest BCUT2D eigenvalue weighted by Crippen LogP contribution is 2.36. The number of nitrogens with zero attached hydrogens (tertiary/aromatic N) is 3. The second-order valence-corrected chi connectivity index (χ2v) is 4.50. The van der Waals surface area contributed by atoms with E-state index in [1.165, 1.54) is 19.2 Å². The summed E-state index contributed by atoms with van der Waals surface area (Å²) in [5, 5.41) is 14.8. The van der Waals surface area contributed by atoms with E-state index in [0.717, 1.165) is 6.42 Å². The van der Waals surface area contributed by atoms with Crippen molar-refractivity contribution in [2.75, 3.05) is 7.11 Å². The van der Waals surface area contributed by atoms with Crippen LogP contribution in [0.15, 0.2) is 22.7 Å². The SMILES string of the molecule is CCC(N)Cc1noc(-c2cccc([N+](=O)[O-])c2OC)n1. The highest BCUT2D eigenvalue weighted by atomic mass is 16.6. The summed E-state index contributed by atoms with van der Waals surface area (Å²) in [6, 6.07) is 4.47. The van der Waals surface area contributed by atoms with Crippen LogP contribution in [0.25, 0.3) is 11.5 Å². The minimum Gasteiger partial charge on any atom is -0.490 e. The Bertz CT molecular complexity index is 641. The van der Waals surface area contributed by atoms with Crippen molar-refractivity contribution < 1.29 is 14.2 Å². The van der Waals surface area contributed by atoms with Crippen LogP contribution in [0.2, 0.25) is 0 Å². The van der Waals surface area contributed by atoms with Gasteiger partial charge in [0.15, 0.2) is 5.82 Å². The minimum atomic E-state index is -0.521. The molecule has 0 aliphatic carbocycles. The van der Waals surface area contributed by atoms with E-state index >= 15 is 0 Å². The monoisotopic (exact) mass is 292 g/mol. The molecule has 0 radical (unpaired) electrons. The Balaban J connectivity index is 2.38. The Morgan fingerprint density at radius 2 is 2.29 bits per heavy atom. The molecule has 0 spiro atoms. The number of benzene rings is 1. The fourth-order valence-electron chi connectivity index (χ4n) is 1.88. The molecule has 1 aromatic carbocycles. The minimum absolute atomic E-state index is 0.0533. The van der Waals surface area contributed by atoms with E-state index in [9.17, 15) is 10.1 Å². The van der Waals surface area contributed by atoms with Gasteiger partial charge in [-0.15, -0.1) is 0 Å². The van der Waals surface area contributed by atoms with Crippen LogP contribution in [-0.2, 0) is 6.42 Å². The zero-order chi connectivity index (χ0) is 15.4. The molecule has 8 heteroatoms.